The molecule has 138 valence electrons. The Morgan fingerprint density at radius 3 is 2.77 bits per heavy atom. The summed E-state index contributed by atoms with van der Waals surface area (Å²) in [6.07, 6.45) is 2.76. The molecule has 0 aliphatic carbocycles. The number of hydrogen-bond donors (Lipinski definition) is 2. The lowest BCUT2D eigenvalue weighted by Crippen LogP contribution is -2.37. The summed E-state index contributed by atoms with van der Waals surface area (Å²) in [5.74, 6) is -0.279. The number of sulfonamides is 1. The Labute approximate surface area is 150 Å². The molecule has 1 amide bonds. The highest BCUT2D eigenvalue weighted by atomic mass is 32.2. The topological polar surface area (TPSA) is 109 Å². The van der Waals surface area contributed by atoms with Crippen molar-refractivity contribution in [3.8, 4) is 5.75 Å². The van der Waals surface area contributed by atoms with Crippen LogP contribution in [0.15, 0.2) is 41.3 Å². The van der Waals surface area contributed by atoms with Gasteiger partial charge in [0.05, 0.1) is 18.6 Å². The molecule has 1 aliphatic heterocycles. The molecule has 0 spiro atoms. The number of nitrogens with zero attached hydrogens (tertiary/aromatic N) is 1. The second-order valence-electron chi connectivity index (χ2n) is 5.88. The van der Waals surface area contributed by atoms with Crippen LogP contribution in [0.3, 0.4) is 0 Å². The van der Waals surface area contributed by atoms with Gasteiger partial charge in [0.25, 0.3) is 5.91 Å². The Bertz CT molecular complexity index is 984. The first kappa shape index (κ1) is 18.0. The first-order valence-corrected chi connectivity index (χ1v) is 9.70. The van der Waals surface area contributed by atoms with E-state index in [4.69, 9.17) is 4.74 Å². The van der Waals surface area contributed by atoms with E-state index in [9.17, 15) is 18.0 Å². The molecule has 8 nitrogen and oxygen atoms in total. The number of amides is 1. The van der Waals surface area contributed by atoms with Crippen molar-refractivity contribution in [2.75, 3.05) is 29.0 Å². The van der Waals surface area contributed by atoms with Crippen LogP contribution in [0.25, 0.3) is 0 Å². The zero-order valence-electron chi connectivity index (χ0n) is 14.2. The smallest absolute Gasteiger partial charge is 0.272 e. The highest BCUT2D eigenvalue weighted by molar-refractivity contribution is 7.92. The van der Waals surface area contributed by atoms with E-state index in [2.05, 4.69) is 10.3 Å². The molecule has 0 saturated carbocycles. The molecule has 0 bridgehead atoms. The third kappa shape index (κ3) is 3.72. The van der Waals surface area contributed by atoms with Crippen molar-refractivity contribution in [2.24, 2.45) is 0 Å². The van der Waals surface area contributed by atoms with Gasteiger partial charge in [-0.15, -0.1) is 0 Å². The van der Waals surface area contributed by atoms with Crippen LogP contribution in [0.1, 0.15) is 23.3 Å². The third-order valence-corrected chi connectivity index (χ3v) is 5.95. The lowest BCUT2D eigenvalue weighted by molar-refractivity contribution is 0.102. The van der Waals surface area contributed by atoms with Gasteiger partial charge in [-0.1, -0.05) is 6.07 Å². The van der Waals surface area contributed by atoms with E-state index in [1.807, 2.05) is 0 Å². The Morgan fingerprint density at radius 1 is 1.27 bits per heavy atom. The lowest BCUT2D eigenvalue weighted by atomic mass is 10.2. The maximum absolute atomic E-state index is 12.3. The van der Waals surface area contributed by atoms with Gasteiger partial charge in [0.1, 0.15) is 5.69 Å². The van der Waals surface area contributed by atoms with E-state index in [-0.39, 0.29) is 17.2 Å². The van der Waals surface area contributed by atoms with E-state index in [1.54, 1.807) is 24.3 Å². The van der Waals surface area contributed by atoms with Crippen molar-refractivity contribution in [3.05, 3.63) is 52.4 Å². The maximum atomic E-state index is 12.3. The van der Waals surface area contributed by atoms with Gasteiger partial charge >= 0.3 is 0 Å². The molecular weight excluding hydrogens is 358 g/mol. The monoisotopic (exact) mass is 377 g/mol. The number of nitrogens with one attached hydrogen (secondary N) is 2. The summed E-state index contributed by atoms with van der Waals surface area (Å²) in [6, 6.07) is 7.76. The maximum Gasteiger partial charge on any atom is 0.272 e. The fourth-order valence-electron chi connectivity index (χ4n) is 2.77. The van der Waals surface area contributed by atoms with Crippen LogP contribution >= 0.6 is 0 Å². The third-order valence-electron chi connectivity index (χ3n) is 4.08. The second-order valence-corrected chi connectivity index (χ2v) is 7.89. The Morgan fingerprint density at radius 2 is 2.08 bits per heavy atom. The van der Waals surface area contributed by atoms with Crippen LogP contribution in [-0.4, -0.2) is 38.7 Å². The van der Waals surface area contributed by atoms with E-state index >= 15 is 0 Å². The Kier molecular flexibility index (Phi) is 4.99. The van der Waals surface area contributed by atoms with Crippen LogP contribution in [0.5, 0.6) is 5.75 Å². The van der Waals surface area contributed by atoms with Crippen LogP contribution in [-0.2, 0) is 10.0 Å². The number of carbonyl (C=O) groups excluding carboxylic acids is 1. The minimum absolute atomic E-state index is 0.0757. The number of methoxy groups -OCH3 is 1. The van der Waals surface area contributed by atoms with Crippen LogP contribution < -0.4 is 19.8 Å². The first-order chi connectivity index (χ1) is 12.4. The minimum atomic E-state index is -3.33. The number of H-pyrrole nitrogens is 1. The Hall–Kier alpha value is -2.81. The molecule has 9 heteroatoms. The summed E-state index contributed by atoms with van der Waals surface area (Å²) in [5, 5.41) is 2.66. The van der Waals surface area contributed by atoms with Crippen molar-refractivity contribution in [3.63, 3.8) is 0 Å². The zero-order valence-corrected chi connectivity index (χ0v) is 15.0. The van der Waals surface area contributed by atoms with E-state index in [0.717, 1.165) is 12.5 Å². The molecule has 1 aromatic heterocycles. The number of aromatic nitrogens is 1. The van der Waals surface area contributed by atoms with Gasteiger partial charge in [-0.2, -0.15) is 0 Å². The molecule has 3 rings (SSSR count). The van der Waals surface area contributed by atoms with Gasteiger partial charge in [-0.05, 0) is 31.0 Å². The second kappa shape index (κ2) is 7.20. The quantitative estimate of drug-likeness (QED) is 0.841. The van der Waals surface area contributed by atoms with Crippen LogP contribution in [0.2, 0.25) is 0 Å². The minimum Gasteiger partial charge on any atom is -0.491 e. The molecule has 1 saturated heterocycles. The summed E-state index contributed by atoms with van der Waals surface area (Å²) in [6.45, 7) is 0.422. The van der Waals surface area contributed by atoms with Gasteiger partial charge in [-0.25, -0.2) is 8.42 Å². The number of hydrogen-bond acceptors (Lipinski definition) is 5. The van der Waals surface area contributed by atoms with Crippen molar-refractivity contribution in [1.82, 2.24) is 4.98 Å². The average molecular weight is 377 g/mol. The summed E-state index contributed by atoms with van der Waals surface area (Å²) in [5.41, 5.74) is 0.604. The molecule has 0 atom stereocenters. The summed E-state index contributed by atoms with van der Waals surface area (Å²) in [7, 11) is -1.96. The highest BCUT2D eigenvalue weighted by Crippen LogP contribution is 2.26. The lowest BCUT2D eigenvalue weighted by Gasteiger charge is -2.28. The van der Waals surface area contributed by atoms with E-state index < -0.39 is 21.4 Å². The summed E-state index contributed by atoms with van der Waals surface area (Å²) < 4.78 is 30.7. The van der Waals surface area contributed by atoms with Crippen LogP contribution in [0, 0.1) is 0 Å². The van der Waals surface area contributed by atoms with Gasteiger partial charge in [0, 0.05) is 24.5 Å². The summed E-state index contributed by atoms with van der Waals surface area (Å²) in [4.78, 5) is 26.8. The molecule has 1 aromatic carbocycles. The zero-order chi connectivity index (χ0) is 18.7. The van der Waals surface area contributed by atoms with Crippen molar-refractivity contribution in [2.45, 2.75) is 12.8 Å². The summed E-state index contributed by atoms with van der Waals surface area (Å²) >= 11 is 0. The standard InChI is InChI=1S/C17H19N3O5S/c1-25-16-11-18-14(10-15(16)21)17(22)19-12-5-4-6-13(9-12)20-7-2-3-8-26(20,23)24/h4-6,9-11H,2-3,7-8H2,1H3,(H,18,21)(H,19,22). The van der Waals surface area contributed by atoms with Crippen molar-refractivity contribution in [1.29, 1.82) is 0 Å². The van der Waals surface area contributed by atoms with Gasteiger partial charge < -0.3 is 15.0 Å². The predicted octanol–water partition coefficient (Wildman–Crippen LogP) is 1.57. The number of carbonyl (C=O) groups is 1. The largest absolute Gasteiger partial charge is 0.491 e. The number of ether oxygens (including phenoxy) is 1. The normalized spacial score (nSPS) is 16.1. The number of pyridine rings is 1. The van der Waals surface area contributed by atoms with Crippen molar-refractivity contribution >= 4 is 27.3 Å². The SMILES string of the molecule is COc1c[nH]c(C(=O)Nc2cccc(N3CCCCS3(=O)=O)c2)cc1=O. The van der Waals surface area contributed by atoms with E-state index in [0.29, 0.717) is 24.3 Å². The fraction of sp³-hybridized carbons (Fsp3) is 0.294. The highest BCUT2D eigenvalue weighted by Gasteiger charge is 2.26. The molecule has 2 N–H and O–H groups in total. The fourth-order valence-corrected chi connectivity index (χ4v) is 4.40. The van der Waals surface area contributed by atoms with Gasteiger partial charge in [0.15, 0.2) is 5.75 Å². The number of rotatable bonds is 4. The first-order valence-electron chi connectivity index (χ1n) is 8.09. The van der Waals surface area contributed by atoms with Crippen molar-refractivity contribution < 1.29 is 17.9 Å². The molecule has 1 fully saturated rings. The number of anilines is 2. The molecule has 2 heterocycles. The molecular formula is C17H19N3O5S. The average Bonchev–Trinajstić information content (AvgIpc) is 2.61. The van der Waals surface area contributed by atoms with Gasteiger partial charge in [-0.3, -0.25) is 13.9 Å². The molecule has 26 heavy (non-hydrogen) atoms. The molecule has 1 aliphatic rings. The Balaban J connectivity index is 1.81. The number of benzene rings is 1. The number of aromatic amines is 1. The van der Waals surface area contributed by atoms with Gasteiger partial charge in [0.2, 0.25) is 15.5 Å². The predicted molar refractivity (Wildman–Crippen MR) is 98.4 cm³/mol. The molecule has 0 radical (unpaired) electrons. The van der Waals surface area contributed by atoms with E-state index in [1.165, 1.54) is 17.6 Å². The van der Waals surface area contributed by atoms with Crippen LogP contribution in [0.4, 0.5) is 11.4 Å². The molecule has 2 aromatic rings. The molecule has 0 unspecified atom stereocenters.